The van der Waals surface area contributed by atoms with E-state index in [1.54, 1.807) is 6.07 Å². The average Bonchev–Trinajstić information content (AvgIpc) is 2.74. The molecule has 0 unspecified atom stereocenters. The molecule has 1 fully saturated rings. The van der Waals surface area contributed by atoms with Crippen molar-refractivity contribution in [2.75, 3.05) is 49.5 Å². The highest BCUT2D eigenvalue weighted by atomic mass is 16.2. The maximum atomic E-state index is 12.4. The Labute approximate surface area is 172 Å². The van der Waals surface area contributed by atoms with Crippen molar-refractivity contribution in [2.45, 2.75) is 20.3 Å². The minimum absolute atomic E-state index is 0.102. The second kappa shape index (κ2) is 10.1. The Balaban J connectivity index is 1.52. The van der Waals surface area contributed by atoms with E-state index in [4.69, 9.17) is 0 Å². The van der Waals surface area contributed by atoms with Gasteiger partial charge in [0, 0.05) is 44.7 Å². The van der Waals surface area contributed by atoms with Gasteiger partial charge in [0.1, 0.15) is 0 Å². The zero-order valence-electron chi connectivity index (χ0n) is 17.3. The molecule has 1 heterocycles. The first-order valence-corrected chi connectivity index (χ1v) is 10.3. The van der Waals surface area contributed by atoms with Crippen LogP contribution in [0.25, 0.3) is 0 Å². The van der Waals surface area contributed by atoms with Crippen LogP contribution in [0.15, 0.2) is 48.5 Å². The van der Waals surface area contributed by atoms with Gasteiger partial charge in [-0.15, -0.1) is 0 Å². The van der Waals surface area contributed by atoms with E-state index in [2.05, 4.69) is 33.4 Å². The lowest BCUT2D eigenvalue weighted by Gasteiger charge is -2.36. The number of hydrogen-bond donors (Lipinski definition) is 2. The van der Waals surface area contributed by atoms with Gasteiger partial charge in [-0.1, -0.05) is 37.3 Å². The van der Waals surface area contributed by atoms with Crippen molar-refractivity contribution in [2.24, 2.45) is 0 Å². The highest BCUT2D eigenvalue weighted by molar-refractivity contribution is 5.97. The molecule has 0 aromatic heterocycles. The molecule has 2 amide bonds. The lowest BCUT2D eigenvalue weighted by Crippen LogP contribution is -2.46. The van der Waals surface area contributed by atoms with Crippen LogP contribution in [-0.4, -0.2) is 56.0 Å². The van der Waals surface area contributed by atoms with Crippen molar-refractivity contribution in [3.63, 3.8) is 0 Å². The second-order valence-corrected chi connectivity index (χ2v) is 7.31. The van der Waals surface area contributed by atoms with Crippen molar-refractivity contribution in [3.8, 4) is 0 Å². The fourth-order valence-corrected chi connectivity index (χ4v) is 3.59. The smallest absolute Gasteiger partial charge is 0.251 e. The molecule has 0 bridgehead atoms. The highest BCUT2D eigenvalue weighted by Crippen LogP contribution is 2.26. The third kappa shape index (κ3) is 5.57. The van der Waals surface area contributed by atoms with E-state index < -0.39 is 0 Å². The number of nitrogens with zero attached hydrogens (tertiary/aromatic N) is 2. The summed E-state index contributed by atoms with van der Waals surface area (Å²) in [5, 5.41) is 5.84. The van der Waals surface area contributed by atoms with Crippen LogP contribution >= 0.6 is 0 Å². The zero-order valence-corrected chi connectivity index (χ0v) is 17.3. The molecule has 154 valence electrons. The van der Waals surface area contributed by atoms with Crippen molar-refractivity contribution in [3.05, 3.63) is 59.7 Å². The lowest BCUT2D eigenvalue weighted by atomic mass is 10.1. The maximum Gasteiger partial charge on any atom is 0.251 e. The molecule has 3 rings (SSSR count). The van der Waals surface area contributed by atoms with Crippen LogP contribution in [0.5, 0.6) is 0 Å². The number of aryl methyl sites for hydroxylation is 1. The van der Waals surface area contributed by atoms with Gasteiger partial charge in [-0.2, -0.15) is 0 Å². The molecule has 29 heavy (non-hydrogen) atoms. The molecule has 1 aliphatic rings. The minimum atomic E-state index is -0.148. The van der Waals surface area contributed by atoms with Gasteiger partial charge in [-0.25, -0.2) is 0 Å². The summed E-state index contributed by atoms with van der Waals surface area (Å²) in [5.41, 5.74) is 3.45. The Morgan fingerprint density at radius 2 is 1.66 bits per heavy atom. The van der Waals surface area contributed by atoms with Crippen LogP contribution in [-0.2, 0) is 4.79 Å². The Morgan fingerprint density at radius 3 is 2.38 bits per heavy atom. The number of hydrogen-bond acceptors (Lipinski definition) is 4. The molecular formula is C23H30N4O2. The minimum Gasteiger partial charge on any atom is -0.367 e. The van der Waals surface area contributed by atoms with Crippen molar-refractivity contribution >= 4 is 23.2 Å². The Bertz CT molecular complexity index is 844. The van der Waals surface area contributed by atoms with Crippen molar-refractivity contribution in [1.29, 1.82) is 0 Å². The molecule has 6 nitrogen and oxygen atoms in total. The predicted molar refractivity (Wildman–Crippen MR) is 118 cm³/mol. The van der Waals surface area contributed by atoms with E-state index >= 15 is 0 Å². The first-order chi connectivity index (χ1) is 14.1. The number of piperazine rings is 1. The number of likely N-dealkylation sites (N-methyl/N-ethyl adjacent to an activating group) is 1. The van der Waals surface area contributed by atoms with E-state index in [-0.39, 0.29) is 18.2 Å². The number of carbonyl (C=O) groups is 2. The zero-order chi connectivity index (χ0) is 20.6. The molecule has 0 saturated carbocycles. The van der Waals surface area contributed by atoms with Crippen LogP contribution in [0, 0.1) is 6.92 Å². The summed E-state index contributed by atoms with van der Waals surface area (Å²) in [7, 11) is 0. The molecule has 0 aliphatic carbocycles. The van der Waals surface area contributed by atoms with Crippen molar-refractivity contribution in [1.82, 2.24) is 10.2 Å². The molecular weight excluding hydrogens is 364 g/mol. The Morgan fingerprint density at radius 1 is 0.966 bits per heavy atom. The summed E-state index contributed by atoms with van der Waals surface area (Å²) in [6.45, 7) is 9.42. The number of para-hydroxylation sites is 2. The number of amides is 2. The fraction of sp³-hybridized carbons (Fsp3) is 0.391. The van der Waals surface area contributed by atoms with Crippen LogP contribution in [0.4, 0.5) is 11.4 Å². The SMILES string of the molecule is CCN1CCN(c2ccccc2NC(=O)CCNC(=O)c2ccccc2C)CC1. The fourth-order valence-electron chi connectivity index (χ4n) is 3.59. The van der Waals surface area contributed by atoms with Gasteiger partial charge in [0.25, 0.3) is 5.91 Å². The molecule has 2 N–H and O–H groups in total. The molecule has 0 spiro atoms. The van der Waals surface area contributed by atoms with Crippen LogP contribution in [0.3, 0.4) is 0 Å². The molecule has 1 aliphatic heterocycles. The first kappa shape index (κ1) is 20.9. The lowest BCUT2D eigenvalue weighted by molar-refractivity contribution is -0.116. The van der Waals surface area contributed by atoms with Crippen LogP contribution in [0.2, 0.25) is 0 Å². The van der Waals surface area contributed by atoms with E-state index in [9.17, 15) is 9.59 Å². The van der Waals surface area contributed by atoms with Crippen LogP contribution in [0.1, 0.15) is 29.3 Å². The summed E-state index contributed by atoms with van der Waals surface area (Å²) >= 11 is 0. The topological polar surface area (TPSA) is 64.7 Å². The molecule has 1 saturated heterocycles. The monoisotopic (exact) mass is 394 g/mol. The summed E-state index contributed by atoms with van der Waals surface area (Å²) in [6.07, 6.45) is 0.232. The molecule has 0 atom stereocenters. The van der Waals surface area contributed by atoms with E-state index in [1.165, 1.54) is 0 Å². The van der Waals surface area contributed by atoms with E-state index in [0.29, 0.717) is 12.1 Å². The number of benzene rings is 2. The summed E-state index contributed by atoms with van der Waals surface area (Å²) < 4.78 is 0. The van der Waals surface area contributed by atoms with Crippen molar-refractivity contribution < 1.29 is 9.59 Å². The van der Waals surface area contributed by atoms with Gasteiger partial charge in [-0.3, -0.25) is 9.59 Å². The van der Waals surface area contributed by atoms with Crippen LogP contribution < -0.4 is 15.5 Å². The molecule has 2 aromatic carbocycles. The molecule has 6 heteroatoms. The number of nitrogens with one attached hydrogen (secondary N) is 2. The highest BCUT2D eigenvalue weighted by Gasteiger charge is 2.18. The van der Waals surface area contributed by atoms with Gasteiger partial charge in [0.2, 0.25) is 5.91 Å². The van der Waals surface area contributed by atoms with E-state index in [0.717, 1.165) is 49.7 Å². The van der Waals surface area contributed by atoms with Gasteiger partial charge in [-0.05, 0) is 37.2 Å². The number of anilines is 2. The Kier molecular flexibility index (Phi) is 7.25. The van der Waals surface area contributed by atoms with E-state index in [1.807, 2.05) is 43.3 Å². The van der Waals surface area contributed by atoms with Gasteiger partial charge >= 0.3 is 0 Å². The average molecular weight is 395 g/mol. The summed E-state index contributed by atoms with van der Waals surface area (Å²) in [6, 6.07) is 15.4. The van der Waals surface area contributed by atoms with Gasteiger partial charge in [0.15, 0.2) is 0 Å². The standard InChI is InChI=1S/C23H30N4O2/c1-3-26-14-16-27(17-15-26)21-11-7-6-10-20(21)25-22(28)12-13-24-23(29)19-9-5-4-8-18(19)2/h4-11H,3,12-17H2,1-2H3,(H,24,29)(H,25,28). The molecule has 0 radical (unpaired) electrons. The van der Waals surface area contributed by atoms with Gasteiger partial charge in [0.05, 0.1) is 11.4 Å². The summed E-state index contributed by atoms with van der Waals surface area (Å²) in [4.78, 5) is 29.5. The predicted octanol–water partition coefficient (Wildman–Crippen LogP) is 2.90. The summed E-state index contributed by atoms with van der Waals surface area (Å²) in [5.74, 6) is -0.250. The normalized spacial score (nSPS) is 14.5. The molecule has 2 aromatic rings. The Hall–Kier alpha value is -2.86. The third-order valence-corrected chi connectivity index (χ3v) is 5.37. The number of rotatable bonds is 7. The first-order valence-electron chi connectivity index (χ1n) is 10.3. The maximum absolute atomic E-state index is 12.4. The van der Waals surface area contributed by atoms with Gasteiger partial charge < -0.3 is 20.4 Å². The second-order valence-electron chi connectivity index (χ2n) is 7.31. The largest absolute Gasteiger partial charge is 0.367 e. The quantitative estimate of drug-likeness (QED) is 0.758. The number of carbonyl (C=O) groups excluding carboxylic acids is 2. The third-order valence-electron chi connectivity index (χ3n) is 5.37.